The van der Waals surface area contributed by atoms with E-state index in [0.717, 1.165) is 25.0 Å². The van der Waals surface area contributed by atoms with Crippen molar-refractivity contribution in [2.75, 3.05) is 6.61 Å². The van der Waals surface area contributed by atoms with Crippen molar-refractivity contribution in [1.82, 2.24) is 0 Å². The third-order valence-corrected chi connectivity index (χ3v) is 3.42. The van der Waals surface area contributed by atoms with Gasteiger partial charge in [0.25, 0.3) is 0 Å². The van der Waals surface area contributed by atoms with Crippen LogP contribution in [0, 0.1) is 0 Å². The molecule has 3 heteroatoms. The first-order valence-corrected chi connectivity index (χ1v) is 6.52. The molecule has 2 unspecified atom stereocenters. The highest BCUT2D eigenvalue weighted by atomic mass is 79.9. The standard InChI is InChI=1S/C13H17BrO2/c1-13(14,11-7-3-2-4-8-11)16-12-9-5-6-10-15-12/h2-4,7-8,12H,5-6,9-10H2,1H3. The molecule has 0 N–H and O–H groups in total. The van der Waals surface area contributed by atoms with Gasteiger partial charge in [-0.25, -0.2) is 0 Å². The molecule has 88 valence electrons. The maximum absolute atomic E-state index is 5.96. The van der Waals surface area contributed by atoms with Crippen LogP contribution < -0.4 is 0 Å². The van der Waals surface area contributed by atoms with Gasteiger partial charge >= 0.3 is 0 Å². The quantitative estimate of drug-likeness (QED) is 0.786. The van der Waals surface area contributed by atoms with Crippen LogP contribution in [0.2, 0.25) is 0 Å². The van der Waals surface area contributed by atoms with E-state index in [4.69, 9.17) is 9.47 Å². The van der Waals surface area contributed by atoms with E-state index >= 15 is 0 Å². The lowest BCUT2D eigenvalue weighted by Crippen LogP contribution is -2.30. The highest BCUT2D eigenvalue weighted by Crippen LogP contribution is 2.35. The van der Waals surface area contributed by atoms with Crippen molar-refractivity contribution in [3.63, 3.8) is 0 Å². The molecule has 1 fully saturated rings. The zero-order valence-corrected chi connectivity index (χ0v) is 11.1. The monoisotopic (exact) mass is 284 g/mol. The van der Waals surface area contributed by atoms with E-state index in [-0.39, 0.29) is 6.29 Å². The summed E-state index contributed by atoms with van der Waals surface area (Å²) in [4.78, 5) is 0. The molecule has 1 saturated heterocycles. The lowest BCUT2D eigenvalue weighted by molar-refractivity contribution is -0.194. The van der Waals surface area contributed by atoms with Crippen molar-refractivity contribution in [3.8, 4) is 0 Å². The Morgan fingerprint density at radius 2 is 2.06 bits per heavy atom. The Balaban J connectivity index is 2.01. The average Bonchev–Trinajstić information content (AvgIpc) is 2.31. The van der Waals surface area contributed by atoms with Crippen molar-refractivity contribution < 1.29 is 9.47 Å². The van der Waals surface area contributed by atoms with E-state index in [2.05, 4.69) is 28.1 Å². The zero-order chi connectivity index (χ0) is 11.4. The molecule has 1 aliphatic heterocycles. The fourth-order valence-corrected chi connectivity index (χ4v) is 2.33. The van der Waals surface area contributed by atoms with Gasteiger partial charge in [-0.15, -0.1) is 0 Å². The second-order valence-corrected chi connectivity index (χ2v) is 5.71. The van der Waals surface area contributed by atoms with Crippen LogP contribution in [0.1, 0.15) is 31.7 Å². The fraction of sp³-hybridized carbons (Fsp3) is 0.538. The molecule has 2 atom stereocenters. The predicted molar refractivity (Wildman–Crippen MR) is 67.4 cm³/mol. The van der Waals surface area contributed by atoms with Crippen molar-refractivity contribution in [1.29, 1.82) is 0 Å². The third kappa shape index (κ3) is 3.06. The molecule has 0 saturated carbocycles. The molecule has 1 aliphatic rings. The molecule has 1 aromatic carbocycles. The molecule has 0 bridgehead atoms. The first-order chi connectivity index (χ1) is 7.68. The minimum atomic E-state index is -0.462. The smallest absolute Gasteiger partial charge is 0.159 e. The Hall–Kier alpha value is -0.380. The molecule has 2 rings (SSSR count). The number of hydrogen-bond acceptors (Lipinski definition) is 2. The van der Waals surface area contributed by atoms with Crippen molar-refractivity contribution >= 4 is 15.9 Å². The Labute approximate surface area is 105 Å². The summed E-state index contributed by atoms with van der Waals surface area (Å²) < 4.78 is 11.1. The summed E-state index contributed by atoms with van der Waals surface area (Å²) in [5.74, 6) is 0. The van der Waals surface area contributed by atoms with E-state index < -0.39 is 4.51 Å². The van der Waals surface area contributed by atoms with E-state index in [9.17, 15) is 0 Å². The van der Waals surface area contributed by atoms with Crippen LogP contribution in [0.25, 0.3) is 0 Å². The molecule has 0 spiro atoms. The minimum Gasteiger partial charge on any atom is -0.353 e. The maximum Gasteiger partial charge on any atom is 0.159 e. The van der Waals surface area contributed by atoms with E-state index in [1.54, 1.807) is 0 Å². The van der Waals surface area contributed by atoms with Crippen LogP contribution in [0.3, 0.4) is 0 Å². The SMILES string of the molecule is CC(Br)(OC1CCCCO1)c1ccccc1. The molecule has 1 aromatic rings. The molecule has 0 aromatic heterocycles. The van der Waals surface area contributed by atoms with Gasteiger partial charge in [0.1, 0.15) is 4.51 Å². The van der Waals surface area contributed by atoms with Gasteiger partial charge in [-0.3, -0.25) is 0 Å². The first-order valence-electron chi connectivity index (χ1n) is 5.72. The highest BCUT2D eigenvalue weighted by Gasteiger charge is 2.28. The molecular weight excluding hydrogens is 268 g/mol. The Bertz CT molecular complexity index is 318. The zero-order valence-electron chi connectivity index (χ0n) is 9.49. The van der Waals surface area contributed by atoms with Crippen molar-refractivity contribution in [2.45, 2.75) is 37.0 Å². The van der Waals surface area contributed by atoms with E-state index in [0.29, 0.717) is 0 Å². The van der Waals surface area contributed by atoms with Gasteiger partial charge in [-0.1, -0.05) is 30.3 Å². The minimum absolute atomic E-state index is 0.0849. The molecule has 2 nitrogen and oxygen atoms in total. The lowest BCUT2D eigenvalue weighted by atomic mass is 10.1. The van der Waals surface area contributed by atoms with Gasteiger partial charge in [0.2, 0.25) is 0 Å². The van der Waals surface area contributed by atoms with E-state index in [1.807, 2.05) is 25.1 Å². The van der Waals surface area contributed by atoms with Gasteiger partial charge in [0.15, 0.2) is 6.29 Å². The van der Waals surface area contributed by atoms with Crippen LogP contribution >= 0.6 is 15.9 Å². The summed E-state index contributed by atoms with van der Waals surface area (Å²) in [6.07, 6.45) is 3.22. The maximum atomic E-state index is 5.96. The molecule has 0 amide bonds. The fourth-order valence-electron chi connectivity index (χ4n) is 1.85. The van der Waals surface area contributed by atoms with Gasteiger partial charge in [-0.05, 0) is 47.7 Å². The summed E-state index contributed by atoms with van der Waals surface area (Å²) in [6.45, 7) is 2.82. The van der Waals surface area contributed by atoms with E-state index in [1.165, 1.54) is 6.42 Å². The second kappa shape index (κ2) is 5.30. The van der Waals surface area contributed by atoms with Crippen LogP contribution in [0.15, 0.2) is 30.3 Å². The number of halogens is 1. The van der Waals surface area contributed by atoms with Gasteiger partial charge in [-0.2, -0.15) is 0 Å². The second-order valence-electron chi connectivity index (χ2n) is 4.20. The van der Waals surface area contributed by atoms with Gasteiger partial charge in [0.05, 0.1) is 0 Å². The van der Waals surface area contributed by atoms with Gasteiger partial charge in [0, 0.05) is 6.61 Å². The van der Waals surface area contributed by atoms with Crippen molar-refractivity contribution in [2.24, 2.45) is 0 Å². The number of rotatable bonds is 3. The summed E-state index contributed by atoms with van der Waals surface area (Å²) in [6, 6.07) is 10.1. The number of ether oxygens (including phenoxy) is 2. The van der Waals surface area contributed by atoms with Crippen LogP contribution in [-0.4, -0.2) is 12.9 Å². The lowest BCUT2D eigenvalue weighted by Gasteiger charge is -2.31. The number of alkyl halides is 1. The normalized spacial score (nSPS) is 25.0. The third-order valence-electron chi connectivity index (χ3n) is 2.78. The Kier molecular flexibility index (Phi) is 4.00. The molecule has 16 heavy (non-hydrogen) atoms. The van der Waals surface area contributed by atoms with Crippen LogP contribution in [-0.2, 0) is 14.0 Å². The molecular formula is C13H17BrO2. The average molecular weight is 285 g/mol. The van der Waals surface area contributed by atoms with Crippen LogP contribution in [0.5, 0.6) is 0 Å². The predicted octanol–water partition coefficient (Wildman–Crippen LogP) is 3.80. The summed E-state index contributed by atoms with van der Waals surface area (Å²) in [5.41, 5.74) is 1.11. The topological polar surface area (TPSA) is 18.5 Å². The highest BCUT2D eigenvalue weighted by molar-refractivity contribution is 9.09. The molecule has 1 heterocycles. The summed E-state index contributed by atoms with van der Waals surface area (Å²) in [7, 11) is 0. The Morgan fingerprint density at radius 1 is 1.31 bits per heavy atom. The first kappa shape index (κ1) is 12.1. The van der Waals surface area contributed by atoms with Crippen molar-refractivity contribution in [3.05, 3.63) is 35.9 Å². The largest absolute Gasteiger partial charge is 0.353 e. The van der Waals surface area contributed by atoms with Crippen LogP contribution in [0.4, 0.5) is 0 Å². The molecule has 0 aliphatic carbocycles. The number of benzene rings is 1. The summed E-state index contributed by atoms with van der Waals surface area (Å²) >= 11 is 3.62. The van der Waals surface area contributed by atoms with Gasteiger partial charge < -0.3 is 9.47 Å². The number of hydrogen-bond donors (Lipinski definition) is 0. The molecule has 0 radical (unpaired) electrons. The Morgan fingerprint density at radius 3 is 2.69 bits per heavy atom. The summed E-state index contributed by atoms with van der Waals surface area (Å²) in [5, 5.41) is 0.